The fourth-order valence-corrected chi connectivity index (χ4v) is 1.34. The zero-order valence-electron chi connectivity index (χ0n) is 8.35. The van der Waals surface area contributed by atoms with E-state index in [-0.39, 0.29) is 0 Å². The first-order valence-electron chi connectivity index (χ1n) is 4.96. The molecule has 0 aliphatic rings. The Kier molecular flexibility index (Phi) is 10.3. The van der Waals surface area contributed by atoms with Crippen LogP contribution in [0.2, 0.25) is 0 Å². The molecule has 78 valence electrons. The fourth-order valence-electron chi connectivity index (χ4n) is 1.06. The first-order chi connectivity index (χ1) is 6.31. The predicted octanol–water partition coefficient (Wildman–Crippen LogP) is 2.94. The number of halogens is 1. The summed E-state index contributed by atoms with van der Waals surface area (Å²) < 4.78 is 5.18. The molecule has 0 fully saturated rings. The molecule has 0 radical (unpaired) electrons. The quantitative estimate of drug-likeness (QED) is 0.465. The highest BCUT2D eigenvalue weighted by Gasteiger charge is 2.00. The van der Waals surface area contributed by atoms with Gasteiger partial charge in [0, 0.05) is 31.4 Å². The SMILES string of the molecule is CCOCCCCC(=O)CCCBr. The Morgan fingerprint density at radius 2 is 1.92 bits per heavy atom. The predicted molar refractivity (Wildman–Crippen MR) is 58.4 cm³/mol. The summed E-state index contributed by atoms with van der Waals surface area (Å²) in [5, 5.41) is 0.928. The van der Waals surface area contributed by atoms with Crippen molar-refractivity contribution in [1.29, 1.82) is 0 Å². The zero-order valence-corrected chi connectivity index (χ0v) is 9.94. The number of unbranched alkanes of at least 4 members (excludes halogenated alkanes) is 1. The van der Waals surface area contributed by atoms with Gasteiger partial charge in [0.25, 0.3) is 0 Å². The lowest BCUT2D eigenvalue weighted by molar-refractivity contribution is -0.119. The van der Waals surface area contributed by atoms with Gasteiger partial charge in [-0.15, -0.1) is 0 Å². The van der Waals surface area contributed by atoms with Crippen LogP contribution in [0.25, 0.3) is 0 Å². The Morgan fingerprint density at radius 3 is 2.54 bits per heavy atom. The first kappa shape index (κ1) is 13.1. The van der Waals surface area contributed by atoms with E-state index in [4.69, 9.17) is 4.74 Å². The van der Waals surface area contributed by atoms with Crippen LogP contribution in [0.3, 0.4) is 0 Å². The van der Waals surface area contributed by atoms with Gasteiger partial charge < -0.3 is 4.74 Å². The van der Waals surface area contributed by atoms with Gasteiger partial charge in [-0.3, -0.25) is 4.79 Å². The van der Waals surface area contributed by atoms with Gasteiger partial charge in [-0.1, -0.05) is 15.9 Å². The Bertz CT molecular complexity index is 126. The van der Waals surface area contributed by atoms with Gasteiger partial charge in [-0.05, 0) is 26.2 Å². The molecule has 0 aliphatic carbocycles. The molecule has 0 aromatic carbocycles. The highest BCUT2D eigenvalue weighted by atomic mass is 79.9. The van der Waals surface area contributed by atoms with E-state index >= 15 is 0 Å². The maximum absolute atomic E-state index is 11.2. The Labute approximate surface area is 89.2 Å². The lowest BCUT2D eigenvalue weighted by Crippen LogP contribution is -2.00. The molecule has 13 heavy (non-hydrogen) atoms. The van der Waals surface area contributed by atoms with Crippen LogP contribution < -0.4 is 0 Å². The van der Waals surface area contributed by atoms with Crippen molar-refractivity contribution >= 4 is 21.7 Å². The average Bonchev–Trinajstić information content (AvgIpc) is 2.14. The van der Waals surface area contributed by atoms with E-state index in [1.165, 1.54) is 0 Å². The maximum atomic E-state index is 11.2. The maximum Gasteiger partial charge on any atom is 0.132 e. The Hall–Kier alpha value is 0.110. The van der Waals surface area contributed by atoms with Gasteiger partial charge in [-0.25, -0.2) is 0 Å². The van der Waals surface area contributed by atoms with Crippen molar-refractivity contribution in [2.24, 2.45) is 0 Å². The van der Waals surface area contributed by atoms with E-state index < -0.39 is 0 Å². The molecule has 0 atom stereocenters. The number of rotatable bonds is 9. The van der Waals surface area contributed by atoms with Crippen LogP contribution in [0, 0.1) is 0 Å². The molecular weight excluding hydrogens is 232 g/mol. The third-order valence-electron chi connectivity index (χ3n) is 1.79. The Balaban J connectivity index is 3.08. The lowest BCUT2D eigenvalue weighted by atomic mass is 10.1. The molecule has 0 amide bonds. The molecule has 0 heterocycles. The number of carbonyl (C=O) groups excluding carboxylic acids is 1. The summed E-state index contributed by atoms with van der Waals surface area (Å²) in [5.74, 6) is 0.385. The standard InChI is InChI=1S/C10H19BrO2/c1-2-13-9-4-3-6-10(12)7-5-8-11/h2-9H2,1H3. The first-order valence-corrected chi connectivity index (χ1v) is 6.08. The molecule has 0 saturated carbocycles. The van der Waals surface area contributed by atoms with Crippen LogP contribution in [-0.4, -0.2) is 24.3 Å². The monoisotopic (exact) mass is 250 g/mol. The topological polar surface area (TPSA) is 26.3 Å². The van der Waals surface area contributed by atoms with Crippen molar-refractivity contribution in [1.82, 2.24) is 0 Å². The minimum absolute atomic E-state index is 0.385. The fraction of sp³-hybridized carbons (Fsp3) is 0.900. The zero-order chi connectivity index (χ0) is 9.94. The molecule has 0 saturated heterocycles. The number of carbonyl (C=O) groups is 1. The number of Topliss-reactive ketones (excluding diaryl/α,β-unsaturated/α-hetero) is 1. The van der Waals surface area contributed by atoms with Crippen molar-refractivity contribution in [2.75, 3.05) is 18.5 Å². The minimum atomic E-state index is 0.385. The highest BCUT2D eigenvalue weighted by molar-refractivity contribution is 9.09. The molecule has 0 aromatic heterocycles. The van der Waals surface area contributed by atoms with Crippen LogP contribution in [0.15, 0.2) is 0 Å². The highest BCUT2D eigenvalue weighted by Crippen LogP contribution is 2.03. The number of hydrogen-bond donors (Lipinski definition) is 0. The molecule has 2 nitrogen and oxygen atoms in total. The number of hydrogen-bond acceptors (Lipinski definition) is 2. The van der Waals surface area contributed by atoms with Crippen LogP contribution in [-0.2, 0) is 9.53 Å². The van der Waals surface area contributed by atoms with E-state index in [2.05, 4.69) is 15.9 Å². The van der Waals surface area contributed by atoms with Crippen LogP contribution in [0.1, 0.15) is 39.0 Å². The van der Waals surface area contributed by atoms with Gasteiger partial charge in [0.1, 0.15) is 5.78 Å². The van der Waals surface area contributed by atoms with E-state index in [1.807, 2.05) is 6.92 Å². The normalized spacial score (nSPS) is 10.3. The third-order valence-corrected chi connectivity index (χ3v) is 2.35. The second-order valence-corrected chi connectivity index (χ2v) is 3.78. The summed E-state index contributed by atoms with van der Waals surface area (Å²) >= 11 is 3.31. The minimum Gasteiger partial charge on any atom is -0.382 e. The van der Waals surface area contributed by atoms with E-state index in [9.17, 15) is 4.79 Å². The second kappa shape index (κ2) is 10.2. The van der Waals surface area contributed by atoms with Crippen molar-refractivity contribution in [3.63, 3.8) is 0 Å². The van der Waals surface area contributed by atoms with E-state index in [0.717, 1.165) is 50.6 Å². The number of alkyl halides is 1. The molecule has 0 rings (SSSR count). The van der Waals surface area contributed by atoms with Crippen LogP contribution in [0.5, 0.6) is 0 Å². The molecule has 0 bridgehead atoms. The van der Waals surface area contributed by atoms with Crippen molar-refractivity contribution in [3.8, 4) is 0 Å². The number of ether oxygens (including phenoxy) is 1. The van der Waals surface area contributed by atoms with Crippen molar-refractivity contribution in [3.05, 3.63) is 0 Å². The van der Waals surface area contributed by atoms with E-state index in [0.29, 0.717) is 5.78 Å². The average molecular weight is 251 g/mol. The number of ketones is 1. The molecule has 0 unspecified atom stereocenters. The molecule has 3 heteroatoms. The van der Waals surface area contributed by atoms with Gasteiger partial charge in [0.05, 0.1) is 0 Å². The Morgan fingerprint density at radius 1 is 1.23 bits per heavy atom. The smallest absolute Gasteiger partial charge is 0.132 e. The van der Waals surface area contributed by atoms with Gasteiger partial charge in [0.2, 0.25) is 0 Å². The largest absolute Gasteiger partial charge is 0.382 e. The van der Waals surface area contributed by atoms with Gasteiger partial charge >= 0.3 is 0 Å². The molecule has 0 spiro atoms. The lowest BCUT2D eigenvalue weighted by Gasteiger charge is -2.00. The van der Waals surface area contributed by atoms with Crippen LogP contribution in [0.4, 0.5) is 0 Å². The summed E-state index contributed by atoms with van der Waals surface area (Å²) in [6.07, 6.45) is 4.39. The summed E-state index contributed by atoms with van der Waals surface area (Å²) in [6, 6.07) is 0. The van der Waals surface area contributed by atoms with E-state index in [1.54, 1.807) is 0 Å². The molecule has 0 aromatic rings. The van der Waals surface area contributed by atoms with Crippen LogP contribution >= 0.6 is 15.9 Å². The second-order valence-electron chi connectivity index (χ2n) is 2.99. The van der Waals surface area contributed by atoms with Gasteiger partial charge in [0.15, 0.2) is 0 Å². The molecular formula is C10H19BrO2. The van der Waals surface area contributed by atoms with Crippen molar-refractivity contribution < 1.29 is 9.53 Å². The summed E-state index contributed by atoms with van der Waals surface area (Å²) in [4.78, 5) is 11.2. The third kappa shape index (κ3) is 10.0. The van der Waals surface area contributed by atoms with Gasteiger partial charge in [-0.2, -0.15) is 0 Å². The van der Waals surface area contributed by atoms with Crippen molar-refractivity contribution in [2.45, 2.75) is 39.0 Å². The summed E-state index contributed by atoms with van der Waals surface area (Å²) in [6.45, 7) is 3.56. The summed E-state index contributed by atoms with van der Waals surface area (Å²) in [5.41, 5.74) is 0. The summed E-state index contributed by atoms with van der Waals surface area (Å²) in [7, 11) is 0. The molecule has 0 N–H and O–H groups in total. The molecule has 0 aliphatic heterocycles.